The number of nitrogens with one attached hydrogen (secondary N) is 2. The maximum Gasteiger partial charge on any atom is 0.243 e. The zero-order valence-electron chi connectivity index (χ0n) is 11.3. The van der Waals surface area contributed by atoms with Crippen molar-refractivity contribution >= 4 is 16.0 Å². The Morgan fingerprint density at radius 2 is 2.00 bits per heavy atom. The molecule has 0 aromatic carbocycles. The molecule has 1 fully saturated rings. The molecule has 1 aliphatic carbocycles. The van der Waals surface area contributed by atoms with E-state index >= 15 is 0 Å². The summed E-state index contributed by atoms with van der Waals surface area (Å²) in [6, 6.07) is 0.0356. The molecule has 1 aliphatic rings. The highest BCUT2D eigenvalue weighted by atomic mass is 32.2. The summed E-state index contributed by atoms with van der Waals surface area (Å²) in [6.07, 6.45) is 5.55. The topological polar surface area (TPSA) is 84.0 Å². The summed E-state index contributed by atoms with van der Waals surface area (Å²) in [5.41, 5.74) is 0. The number of hydrogen-bond acceptors (Lipinski definition) is 5. The highest BCUT2D eigenvalue weighted by Crippen LogP contribution is 2.25. The van der Waals surface area contributed by atoms with Gasteiger partial charge in [0, 0.05) is 12.6 Å². The molecular formula is C12H20N4O2S. The van der Waals surface area contributed by atoms with E-state index in [2.05, 4.69) is 26.9 Å². The smallest absolute Gasteiger partial charge is 0.243 e. The highest BCUT2D eigenvalue weighted by molar-refractivity contribution is 7.89. The summed E-state index contributed by atoms with van der Waals surface area (Å²) in [5, 5.41) is 2.93. The second kappa shape index (κ2) is 5.83. The van der Waals surface area contributed by atoms with Crippen molar-refractivity contribution in [2.45, 2.75) is 44.0 Å². The van der Waals surface area contributed by atoms with Crippen LogP contribution in [0.25, 0.3) is 0 Å². The SMILES string of the molecule is CCNc1ncc(S(=O)(=O)NC2CCC(C)C2)cn1. The first kappa shape index (κ1) is 14.2. The molecule has 1 heterocycles. The fourth-order valence-corrected chi connectivity index (χ4v) is 3.48. The number of anilines is 1. The van der Waals surface area contributed by atoms with Gasteiger partial charge in [-0.25, -0.2) is 23.1 Å². The highest BCUT2D eigenvalue weighted by Gasteiger charge is 2.26. The Labute approximate surface area is 114 Å². The molecule has 6 nitrogen and oxygen atoms in total. The molecule has 1 saturated carbocycles. The molecule has 19 heavy (non-hydrogen) atoms. The minimum Gasteiger partial charge on any atom is -0.355 e. The Morgan fingerprint density at radius 3 is 2.53 bits per heavy atom. The standard InChI is InChI=1S/C12H20N4O2S/c1-3-13-12-14-7-11(8-15-12)19(17,18)16-10-5-4-9(2)6-10/h7-10,16H,3-6H2,1-2H3,(H,13,14,15). The zero-order chi connectivity index (χ0) is 13.9. The average Bonchev–Trinajstić information content (AvgIpc) is 2.75. The lowest BCUT2D eigenvalue weighted by molar-refractivity contribution is 0.538. The van der Waals surface area contributed by atoms with E-state index in [9.17, 15) is 8.42 Å². The van der Waals surface area contributed by atoms with E-state index < -0.39 is 10.0 Å². The van der Waals surface area contributed by atoms with Gasteiger partial charge in [0.05, 0.1) is 12.4 Å². The molecule has 7 heteroatoms. The summed E-state index contributed by atoms with van der Waals surface area (Å²) in [6.45, 7) is 4.77. The minimum atomic E-state index is -3.50. The van der Waals surface area contributed by atoms with Crippen molar-refractivity contribution in [1.82, 2.24) is 14.7 Å². The van der Waals surface area contributed by atoms with Crippen molar-refractivity contribution in [3.8, 4) is 0 Å². The van der Waals surface area contributed by atoms with Gasteiger partial charge in [0.2, 0.25) is 16.0 Å². The van der Waals surface area contributed by atoms with Crippen LogP contribution in [0.1, 0.15) is 33.1 Å². The van der Waals surface area contributed by atoms with Gasteiger partial charge in [-0.05, 0) is 32.1 Å². The Hall–Kier alpha value is -1.21. The summed E-state index contributed by atoms with van der Waals surface area (Å²) >= 11 is 0. The molecule has 0 bridgehead atoms. The Kier molecular flexibility index (Phi) is 4.36. The van der Waals surface area contributed by atoms with E-state index in [1.165, 1.54) is 12.4 Å². The first-order chi connectivity index (χ1) is 9.01. The van der Waals surface area contributed by atoms with Crippen LogP contribution in [0.5, 0.6) is 0 Å². The maximum atomic E-state index is 12.2. The lowest BCUT2D eigenvalue weighted by Crippen LogP contribution is -2.33. The normalized spacial score (nSPS) is 23.5. The van der Waals surface area contributed by atoms with E-state index in [1.54, 1.807) is 0 Å². The summed E-state index contributed by atoms with van der Waals surface area (Å²) < 4.78 is 27.0. The fraction of sp³-hybridized carbons (Fsp3) is 0.667. The van der Waals surface area contributed by atoms with Crippen molar-refractivity contribution in [2.75, 3.05) is 11.9 Å². The molecule has 1 aromatic rings. The van der Waals surface area contributed by atoms with Crippen LogP contribution in [0.3, 0.4) is 0 Å². The van der Waals surface area contributed by atoms with Crippen LogP contribution in [-0.4, -0.2) is 31.0 Å². The zero-order valence-corrected chi connectivity index (χ0v) is 12.1. The summed E-state index contributed by atoms with van der Waals surface area (Å²) in [4.78, 5) is 8.08. The second-order valence-corrected chi connectivity index (χ2v) is 6.72. The minimum absolute atomic E-state index is 0.0356. The van der Waals surface area contributed by atoms with Gasteiger partial charge in [0.15, 0.2) is 0 Å². The largest absolute Gasteiger partial charge is 0.355 e. The van der Waals surface area contributed by atoms with Crippen molar-refractivity contribution in [3.63, 3.8) is 0 Å². The van der Waals surface area contributed by atoms with Gasteiger partial charge in [0.25, 0.3) is 0 Å². The van der Waals surface area contributed by atoms with Crippen LogP contribution in [0.4, 0.5) is 5.95 Å². The molecule has 0 aliphatic heterocycles. The van der Waals surface area contributed by atoms with Gasteiger partial charge in [0.1, 0.15) is 4.90 Å². The lowest BCUT2D eigenvalue weighted by atomic mass is 10.1. The van der Waals surface area contributed by atoms with Crippen LogP contribution >= 0.6 is 0 Å². The third-order valence-corrected chi connectivity index (χ3v) is 4.77. The lowest BCUT2D eigenvalue weighted by Gasteiger charge is -2.12. The van der Waals surface area contributed by atoms with Gasteiger partial charge >= 0.3 is 0 Å². The van der Waals surface area contributed by atoms with Crippen molar-refractivity contribution < 1.29 is 8.42 Å². The van der Waals surface area contributed by atoms with Crippen LogP contribution in [0, 0.1) is 5.92 Å². The van der Waals surface area contributed by atoms with Crippen LogP contribution in [0.15, 0.2) is 17.3 Å². The van der Waals surface area contributed by atoms with E-state index in [1.807, 2.05) is 6.92 Å². The summed E-state index contributed by atoms with van der Waals surface area (Å²) in [7, 11) is -3.50. The summed E-state index contributed by atoms with van der Waals surface area (Å²) in [5.74, 6) is 1.02. The Balaban J connectivity index is 2.06. The van der Waals surface area contributed by atoms with Gasteiger partial charge < -0.3 is 5.32 Å². The number of aromatic nitrogens is 2. The molecule has 2 unspecified atom stereocenters. The maximum absolute atomic E-state index is 12.2. The molecule has 2 rings (SSSR count). The third-order valence-electron chi connectivity index (χ3n) is 3.29. The number of nitrogens with zero attached hydrogens (tertiary/aromatic N) is 2. The average molecular weight is 284 g/mol. The molecule has 106 valence electrons. The van der Waals surface area contributed by atoms with Crippen LogP contribution < -0.4 is 10.0 Å². The van der Waals surface area contributed by atoms with E-state index in [0.717, 1.165) is 19.3 Å². The molecule has 2 atom stereocenters. The van der Waals surface area contributed by atoms with Gasteiger partial charge in [-0.1, -0.05) is 6.92 Å². The second-order valence-electron chi connectivity index (χ2n) is 5.01. The van der Waals surface area contributed by atoms with E-state index in [0.29, 0.717) is 18.4 Å². The van der Waals surface area contributed by atoms with E-state index in [-0.39, 0.29) is 10.9 Å². The molecule has 0 radical (unpaired) electrons. The van der Waals surface area contributed by atoms with Crippen LogP contribution in [0.2, 0.25) is 0 Å². The van der Waals surface area contributed by atoms with Gasteiger partial charge in [-0.2, -0.15) is 0 Å². The molecule has 0 amide bonds. The van der Waals surface area contributed by atoms with Crippen LogP contribution in [-0.2, 0) is 10.0 Å². The number of sulfonamides is 1. The molecular weight excluding hydrogens is 264 g/mol. The quantitative estimate of drug-likeness (QED) is 0.853. The molecule has 2 N–H and O–H groups in total. The monoisotopic (exact) mass is 284 g/mol. The first-order valence-electron chi connectivity index (χ1n) is 6.59. The Morgan fingerprint density at radius 1 is 1.32 bits per heavy atom. The fourth-order valence-electron chi connectivity index (χ4n) is 2.31. The van der Waals surface area contributed by atoms with Crippen molar-refractivity contribution in [2.24, 2.45) is 5.92 Å². The number of rotatable bonds is 5. The molecule has 0 saturated heterocycles. The number of hydrogen-bond donors (Lipinski definition) is 2. The van der Waals surface area contributed by atoms with Crippen molar-refractivity contribution in [3.05, 3.63) is 12.4 Å². The van der Waals surface area contributed by atoms with Gasteiger partial charge in [-0.15, -0.1) is 0 Å². The molecule has 1 aromatic heterocycles. The van der Waals surface area contributed by atoms with Crippen molar-refractivity contribution in [1.29, 1.82) is 0 Å². The predicted octanol–water partition coefficient (Wildman–Crippen LogP) is 1.38. The predicted molar refractivity (Wildman–Crippen MR) is 73.3 cm³/mol. The molecule has 0 spiro atoms. The van der Waals surface area contributed by atoms with E-state index in [4.69, 9.17) is 0 Å². The third kappa shape index (κ3) is 3.63. The van der Waals surface area contributed by atoms with Gasteiger partial charge in [-0.3, -0.25) is 0 Å². The Bertz CT molecular complexity index is 515. The first-order valence-corrected chi connectivity index (χ1v) is 8.08.